The Balaban J connectivity index is 2.60. The number of benzene rings is 1. The fourth-order valence-electron chi connectivity index (χ4n) is 1.59. The minimum Gasteiger partial charge on any atom is -0.466 e. The zero-order chi connectivity index (χ0) is 14.1. The van der Waals surface area contributed by atoms with Gasteiger partial charge in [-0.1, -0.05) is 44.2 Å². The van der Waals surface area contributed by atoms with Gasteiger partial charge in [-0.3, -0.25) is 9.59 Å². The second kappa shape index (κ2) is 8.29. The van der Waals surface area contributed by atoms with Crippen molar-refractivity contribution in [1.82, 2.24) is 0 Å². The van der Waals surface area contributed by atoms with Crippen molar-refractivity contribution in [2.24, 2.45) is 0 Å². The first-order valence-electron chi connectivity index (χ1n) is 6.57. The predicted molar refractivity (Wildman–Crippen MR) is 71.4 cm³/mol. The van der Waals surface area contributed by atoms with Crippen molar-refractivity contribution in [3.8, 4) is 0 Å². The summed E-state index contributed by atoms with van der Waals surface area (Å²) in [5.41, 5.74) is 0.914. The van der Waals surface area contributed by atoms with Crippen molar-refractivity contribution >= 4 is 11.9 Å². The molecule has 1 atom stereocenters. The number of esters is 2. The van der Waals surface area contributed by atoms with Gasteiger partial charge in [-0.25, -0.2) is 0 Å². The summed E-state index contributed by atoms with van der Waals surface area (Å²) >= 11 is 0. The molecule has 0 saturated heterocycles. The van der Waals surface area contributed by atoms with Gasteiger partial charge in [0.1, 0.15) is 6.10 Å². The summed E-state index contributed by atoms with van der Waals surface area (Å²) in [5.74, 6) is -0.496. The van der Waals surface area contributed by atoms with Crippen LogP contribution in [0.1, 0.15) is 44.8 Å². The molecule has 0 aliphatic rings. The fraction of sp³-hybridized carbons (Fsp3) is 0.467. The van der Waals surface area contributed by atoms with E-state index in [1.54, 1.807) is 13.8 Å². The Labute approximate surface area is 113 Å². The summed E-state index contributed by atoms with van der Waals surface area (Å²) in [6.45, 7) is 3.75. The first-order chi connectivity index (χ1) is 9.17. The fourth-order valence-corrected chi connectivity index (χ4v) is 1.59. The zero-order valence-electron chi connectivity index (χ0n) is 11.4. The molecule has 0 aliphatic heterocycles. The van der Waals surface area contributed by atoms with Crippen LogP contribution in [0.4, 0.5) is 0 Å². The Morgan fingerprint density at radius 3 is 2.26 bits per heavy atom. The highest BCUT2D eigenvalue weighted by Gasteiger charge is 2.16. The SMILES string of the molecule is CCC(=O)OCCC(OC(=O)CC)c1ccccc1. The van der Waals surface area contributed by atoms with Crippen LogP contribution < -0.4 is 0 Å². The van der Waals surface area contributed by atoms with Crippen molar-refractivity contribution in [3.05, 3.63) is 35.9 Å². The lowest BCUT2D eigenvalue weighted by Gasteiger charge is -2.18. The number of ether oxygens (including phenoxy) is 2. The lowest BCUT2D eigenvalue weighted by molar-refractivity contribution is -0.151. The maximum Gasteiger partial charge on any atom is 0.306 e. The first kappa shape index (κ1) is 15.2. The number of carbonyl (C=O) groups is 2. The van der Waals surface area contributed by atoms with Crippen LogP contribution in [0.3, 0.4) is 0 Å². The maximum atomic E-state index is 11.4. The van der Waals surface area contributed by atoms with Gasteiger partial charge in [0, 0.05) is 19.3 Å². The molecule has 4 heteroatoms. The van der Waals surface area contributed by atoms with Gasteiger partial charge in [0.2, 0.25) is 0 Å². The van der Waals surface area contributed by atoms with E-state index in [0.29, 0.717) is 19.3 Å². The van der Waals surface area contributed by atoms with E-state index in [-0.39, 0.29) is 24.6 Å². The molecule has 1 rings (SSSR count). The highest BCUT2D eigenvalue weighted by Crippen LogP contribution is 2.21. The third-order valence-corrected chi connectivity index (χ3v) is 2.67. The van der Waals surface area contributed by atoms with Gasteiger partial charge < -0.3 is 9.47 Å². The highest BCUT2D eigenvalue weighted by molar-refractivity contribution is 5.69. The summed E-state index contributed by atoms with van der Waals surface area (Å²) < 4.78 is 10.4. The van der Waals surface area contributed by atoms with Crippen LogP contribution in [0.25, 0.3) is 0 Å². The van der Waals surface area contributed by atoms with E-state index < -0.39 is 0 Å². The molecule has 0 amide bonds. The summed E-state index contributed by atoms with van der Waals surface area (Å²) in [4.78, 5) is 22.5. The molecular formula is C15H20O4. The third kappa shape index (κ3) is 5.55. The van der Waals surface area contributed by atoms with Crippen LogP contribution in [0.15, 0.2) is 30.3 Å². The van der Waals surface area contributed by atoms with E-state index >= 15 is 0 Å². The van der Waals surface area contributed by atoms with Crippen molar-refractivity contribution in [3.63, 3.8) is 0 Å². The monoisotopic (exact) mass is 264 g/mol. The smallest absolute Gasteiger partial charge is 0.306 e. The highest BCUT2D eigenvalue weighted by atomic mass is 16.6. The van der Waals surface area contributed by atoms with E-state index in [9.17, 15) is 9.59 Å². The molecule has 19 heavy (non-hydrogen) atoms. The van der Waals surface area contributed by atoms with Crippen LogP contribution in [-0.4, -0.2) is 18.5 Å². The normalized spacial score (nSPS) is 11.7. The molecule has 0 radical (unpaired) electrons. The van der Waals surface area contributed by atoms with Gasteiger partial charge in [0.05, 0.1) is 6.61 Å². The Hall–Kier alpha value is -1.84. The summed E-state index contributed by atoms with van der Waals surface area (Å²) in [5, 5.41) is 0. The molecule has 1 unspecified atom stereocenters. The standard InChI is InChI=1S/C15H20O4/c1-3-14(16)18-11-10-13(19-15(17)4-2)12-8-6-5-7-9-12/h5-9,13H,3-4,10-11H2,1-2H3. The summed E-state index contributed by atoms with van der Waals surface area (Å²) in [6.07, 6.45) is 0.794. The molecule has 4 nitrogen and oxygen atoms in total. The molecule has 1 aromatic carbocycles. The molecular weight excluding hydrogens is 244 g/mol. The number of carbonyl (C=O) groups excluding carboxylic acids is 2. The molecule has 0 bridgehead atoms. The molecule has 1 aromatic rings. The minimum absolute atomic E-state index is 0.242. The Morgan fingerprint density at radius 2 is 1.68 bits per heavy atom. The topological polar surface area (TPSA) is 52.6 Å². The average Bonchev–Trinajstić information content (AvgIpc) is 2.46. The number of rotatable bonds is 7. The Kier molecular flexibility index (Phi) is 6.64. The molecule has 0 N–H and O–H groups in total. The van der Waals surface area contributed by atoms with Crippen molar-refractivity contribution < 1.29 is 19.1 Å². The lowest BCUT2D eigenvalue weighted by Crippen LogP contribution is -2.14. The molecule has 104 valence electrons. The van der Waals surface area contributed by atoms with Crippen LogP contribution >= 0.6 is 0 Å². The molecule has 0 aromatic heterocycles. The second-order valence-corrected chi connectivity index (χ2v) is 4.11. The molecule has 0 saturated carbocycles. The Bertz CT molecular complexity index is 400. The van der Waals surface area contributed by atoms with Gasteiger partial charge in [0.15, 0.2) is 0 Å². The quantitative estimate of drug-likeness (QED) is 0.710. The van der Waals surface area contributed by atoms with Gasteiger partial charge in [-0.05, 0) is 5.56 Å². The third-order valence-electron chi connectivity index (χ3n) is 2.67. The van der Waals surface area contributed by atoms with Gasteiger partial charge in [-0.15, -0.1) is 0 Å². The molecule has 0 fully saturated rings. The van der Waals surface area contributed by atoms with E-state index in [1.807, 2.05) is 30.3 Å². The summed E-state index contributed by atoms with van der Waals surface area (Å²) in [7, 11) is 0. The van der Waals surface area contributed by atoms with Crippen molar-refractivity contribution in [1.29, 1.82) is 0 Å². The van der Waals surface area contributed by atoms with E-state index in [0.717, 1.165) is 5.56 Å². The van der Waals surface area contributed by atoms with Crippen LogP contribution in [0.5, 0.6) is 0 Å². The number of hydrogen-bond donors (Lipinski definition) is 0. The van der Waals surface area contributed by atoms with Crippen LogP contribution in [-0.2, 0) is 19.1 Å². The van der Waals surface area contributed by atoms with Crippen LogP contribution in [0.2, 0.25) is 0 Å². The molecule has 0 heterocycles. The second-order valence-electron chi connectivity index (χ2n) is 4.11. The van der Waals surface area contributed by atoms with Crippen LogP contribution in [0, 0.1) is 0 Å². The lowest BCUT2D eigenvalue weighted by atomic mass is 10.1. The largest absolute Gasteiger partial charge is 0.466 e. The van der Waals surface area contributed by atoms with Gasteiger partial charge >= 0.3 is 11.9 Å². The predicted octanol–water partition coefficient (Wildman–Crippen LogP) is 3.02. The summed E-state index contributed by atoms with van der Waals surface area (Å²) in [6, 6.07) is 9.48. The van der Waals surface area contributed by atoms with Gasteiger partial charge in [0.25, 0.3) is 0 Å². The van der Waals surface area contributed by atoms with E-state index in [2.05, 4.69) is 0 Å². The van der Waals surface area contributed by atoms with Crippen molar-refractivity contribution in [2.45, 2.75) is 39.2 Å². The maximum absolute atomic E-state index is 11.4. The first-order valence-corrected chi connectivity index (χ1v) is 6.57. The Morgan fingerprint density at radius 1 is 1.05 bits per heavy atom. The van der Waals surface area contributed by atoms with Gasteiger partial charge in [-0.2, -0.15) is 0 Å². The zero-order valence-corrected chi connectivity index (χ0v) is 11.4. The molecule has 0 spiro atoms. The minimum atomic E-state index is -0.363. The molecule has 0 aliphatic carbocycles. The van der Waals surface area contributed by atoms with Crippen molar-refractivity contribution in [2.75, 3.05) is 6.61 Å². The number of hydrogen-bond acceptors (Lipinski definition) is 4. The average molecular weight is 264 g/mol. The van der Waals surface area contributed by atoms with E-state index in [4.69, 9.17) is 9.47 Å². The van der Waals surface area contributed by atoms with E-state index in [1.165, 1.54) is 0 Å².